The minimum Gasteiger partial charge on any atom is -0.459 e. The van der Waals surface area contributed by atoms with Crippen molar-refractivity contribution >= 4 is 28.4 Å². The number of benzene rings is 1. The maximum Gasteiger partial charge on any atom is 0.289 e. The van der Waals surface area contributed by atoms with Gasteiger partial charge in [0.25, 0.3) is 11.8 Å². The molecular formula is C26H29FN4O5. The number of hydrogen-bond acceptors (Lipinski definition) is 6. The fraction of sp³-hybridized carbons (Fsp3) is 0.423. The van der Waals surface area contributed by atoms with E-state index in [1.165, 1.54) is 18.5 Å². The van der Waals surface area contributed by atoms with E-state index >= 15 is 4.39 Å². The Balaban J connectivity index is 1.37. The average molecular weight is 497 g/mol. The Bertz CT molecular complexity index is 1320. The molecule has 1 N–H and O–H groups in total. The van der Waals surface area contributed by atoms with Gasteiger partial charge < -0.3 is 28.8 Å². The number of halogens is 1. The number of nitrogens with one attached hydrogen (secondary N) is 1. The third-order valence-corrected chi connectivity index (χ3v) is 6.89. The molecule has 2 amide bonds. The van der Waals surface area contributed by atoms with Crippen LogP contribution in [0.1, 0.15) is 40.7 Å². The molecule has 2 aromatic heterocycles. The molecule has 0 bridgehead atoms. The third kappa shape index (κ3) is 4.60. The molecule has 2 saturated heterocycles. The normalized spacial score (nSPS) is 18.1. The predicted octanol–water partition coefficient (Wildman–Crippen LogP) is 2.62. The van der Waals surface area contributed by atoms with Crippen LogP contribution in [-0.2, 0) is 11.3 Å². The molecule has 0 radical (unpaired) electrons. The van der Waals surface area contributed by atoms with E-state index in [2.05, 4.69) is 5.32 Å². The molecule has 4 heterocycles. The zero-order chi connectivity index (χ0) is 25.2. The molecule has 36 heavy (non-hydrogen) atoms. The second-order valence-electron chi connectivity index (χ2n) is 9.08. The first-order chi connectivity index (χ1) is 17.5. The monoisotopic (exact) mass is 496 g/mol. The lowest BCUT2D eigenvalue weighted by molar-refractivity contribution is 0.0714. The van der Waals surface area contributed by atoms with Gasteiger partial charge in [-0.1, -0.05) is 0 Å². The Morgan fingerprint density at radius 1 is 1.19 bits per heavy atom. The topological polar surface area (TPSA) is 97.0 Å². The highest BCUT2D eigenvalue weighted by atomic mass is 19.1. The van der Waals surface area contributed by atoms with Gasteiger partial charge in [0.2, 0.25) is 5.43 Å². The molecule has 9 nitrogen and oxygen atoms in total. The molecule has 1 aromatic carbocycles. The van der Waals surface area contributed by atoms with Crippen LogP contribution in [0.15, 0.2) is 45.9 Å². The molecule has 3 aromatic rings. The van der Waals surface area contributed by atoms with Gasteiger partial charge in [0.1, 0.15) is 11.4 Å². The van der Waals surface area contributed by atoms with Crippen molar-refractivity contribution < 1.29 is 23.1 Å². The summed E-state index contributed by atoms with van der Waals surface area (Å²) in [6, 6.07) is 6.17. The standard InChI is InChI=1S/C26H29FN4O5/c1-2-29-16-19(25(33)28-15-17-5-3-11-35-17)24(32)18-13-20(27)22(14-21(18)29)30-7-9-31(10-8-30)26(34)23-6-4-12-36-23/h4,6,12-14,16-17H,2-3,5,7-11,15H2,1H3,(H,28,33)/t17-/m0/s1. The lowest BCUT2D eigenvalue weighted by Crippen LogP contribution is -2.49. The summed E-state index contributed by atoms with van der Waals surface area (Å²) in [7, 11) is 0. The summed E-state index contributed by atoms with van der Waals surface area (Å²) in [6.07, 6.45) is 4.78. The highest BCUT2D eigenvalue weighted by Gasteiger charge is 2.26. The van der Waals surface area contributed by atoms with Gasteiger partial charge in [-0.3, -0.25) is 14.4 Å². The molecule has 0 spiro atoms. The molecule has 5 rings (SSSR count). The number of amides is 2. The Morgan fingerprint density at radius 2 is 2.00 bits per heavy atom. The van der Waals surface area contributed by atoms with E-state index in [4.69, 9.17) is 9.15 Å². The molecule has 10 heteroatoms. The molecule has 1 atom stereocenters. The molecule has 0 unspecified atom stereocenters. The lowest BCUT2D eigenvalue weighted by atomic mass is 10.1. The number of rotatable bonds is 6. The van der Waals surface area contributed by atoms with Crippen molar-refractivity contribution in [1.29, 1.82) is 0 Å². The van der Waals surface area contributed by atoms with E-state index < -0.39 is 17.2 Å². The number of carbonyl (C=O) groups is 2. The Labute approximate surface area is 207 Å². The SMILES string of the molecule is CCn1cc(C(=O)NC[C@@H]2CCCO2)c(=O)c2cc(F)c(N3CCN(C(=O)c4ccco4)CC3)cc21. The molecular weight excluding hydrogens is 467 g/mol. The van der Waals surface area contributed by atoms with Crippen LogP contribution in [0.3, 0.4) is 0 Å². The molecule has 0 saturated carbocycles. The number of pyridine rings is 1. The summed E-state index contributed by atoms with van der Waals surface area (Å²) in [5.41, 5.74) is 0.409. The van der Waals surface area contributed by atoms with E-state index in [-0.39, 0.29) is 28.7 Å². The van der Waals surface area contributed by atoms with E-state index in [0.29, 0.717) is 57.1 Å². The van der Waals surface area contributed by atoms with Crippen molar-refractivity contribution in [2.24, 2.45) is 0 Å². The van der Waals surface area contributed by atoms with Gasteiger partial charge in [0.05, 0.1) is 23.6 Å². The molecule has 2 fully saturated rings. The first kappa shape index (κ1) is 24.1. The molecule has 0 aliphatic carbocycles. The van der Waals surface area contributed by atoms with Crippen LogP contribution in [0.4, 0.5) is 10.1 Å². The average Bonchev–Trinajstić information content (AvgIpc) is 3.62. The Hall–Kier alpha value is -3.66. The van der Waals surface area contributed by atoms with E-state index in [1.807, 2.05) is 11.8 Å². The van der Waals surface area contributed by atoms with E-state index in [1.54, 1.807) is 27.7 Å². The number of nitrogens with zero attached hydrogens (tertiary/aromatic N) is 3. The van der Waals surface area contributed by atoms with E-state index in [0.717, 1.165) is 12.8 Å². The summed E-state index contributed by atoms with van der Waals surface area (Å²) in [5, 5.41) is 2.94. The highest BCUT2D eigenvalue weighted by molar-refractivity contribution is 5.98. The van der Waals surface area contributed by atoms with Crippen LogP contribution in [0.25, 0.3) is 10.9 Å². The number of ether oxygens (including phenoxy) is 1. The summed E-state index contributed by atoms with van der Waals surface area (Å²) in [6.45, 7) is 5.13. The summed E-state index contributed by atoms with van der Waals surface area (Å²) in [5.74, 6) is -0.932. The van der Waals surface area contributed by atoms with Gasteiger partial charge in [0, 0.05) is 57.5 Å². The molecule has 190 valence electrons. The molecule has 2 aliphatic heterocycles. The minimum absolute atomic E-state index is 0.0143. The maximum atomic E-state index is 15.3. The number of carbonyl (C=O) groups excluding carboxylic acids is 2. The number of fused-ring (bicyclic) bond motifs is 1. The number of anilines is 1. The third-order valence-electron chi connectivity index (χ3n) is 6.89. The Morgan fingerprint density at radius 3 is 2.67 bits per heavy atom. The predicted molar refractivity (Wildman–Crippen MR) is 132 cm³/mol. The van der Waals surface area contributed by atoms with Gasteiger partial charge in [-0.15, -0.1) is 0 Å². The van der Waals surface area contributed by atoms with Crippen LogP contribution in [0.2, 0.25) is 0 Å². The van der Waals surface area contributed by atoms with Crippen LogP contribution < -0.4 is 15.6 Å². The van der Waals surface area contributed by atoms with Crippen molar-refractivity contribution in [1.82, 2.24) is 14.8 Å². The minimum atomic E-state index is -0.537. The summed E-state index contributed by atoms with van der Waals surface area (Å²) in [4.78, 5) is 42.0. The van der Waals surface area contributed by atoms with Gasteiger partial charge in [-0.2, -0.15) is 0 Å². The second kappa shape index (κ2) is 10.1. The fourth-order valence-corrected chi connectivity index (χ4v) is 4.88. The number of hydrogen-bond donors (Lipinski definition) is 1. The van der Waals surface area contributed by atoms with Crippen LogP contribution in [0, 0.1) is 5.82 Å². The lowest BCUT2D eigenvalue weighted by Gasteiger charge is -2.36. The van der Waals surface area contributed by atoms with E-state index in [9.17, 15) is 14.4 Å². The van der Waals surface area contributed by atoms with Gasteiger partial charge in [0.15, 0.2) is 5.76 Å². The zero-order valence-electron chi connectivity index (χ0n) is 20.2. The quantitative estimate of drug-likeness (QED) is 0.564. The van der Waals surface area contributed by atoms with Crippen LogP contribution in [0.5, 0.6) is 0 Å². The van der Waals surface area contributed by atoms with Crippen molar-refractivity contribution in [3.8, 4) is 0 Å². The van der Waals surface area contributed by atoms with Crippen molar-refractivity contribution in [2.45, 2.75) is 32.4 Å². The number of piperazine rings is 1. The van der Waals surface area contributed by atoms with Gasteiger partial charge in [-0.05, 0) is 44.0 Å². The van der Waals surface area contributed by atoms with Crippen LogP contribution >= 0.6 is 0 Å². The Kier molecular flexibility index (Phi) is 6.77. The fourth-order valence-electron chi connectivity index (χ4n) is 4.88. The second-order valence-corrected chi connectivity index (χ2v) is 9.08. The first-order valence-electron chi connectivity index (χ1n) is 12.3. The van der Waals surface area contributed by atoms with Crippen LogP contribution in [-0.4, -0.2) is 66.7 Å². The zero-order valence-corrected chi connectivity index (χ0v) is 20.2. The first-order valence-corrected chi connectivity index (χ1v) is 12.3. The highest BCUT2D eigenvalue weighted by Crippen LogP contribution is 2.27. The summed E-state index contributed by atoms with van der Waals surface area (Å²) >= 11 is 0. The van der Waals surface area contributed by atoms with Crippen molar-refractivity contribution in [2.75, 3.05) is 44.2 Å². The van der Waals surface area contributed by atoms with Crippen molar-refractivity contribution in [3.63, 3.8) is 0 Å². The number of aromatic nitrogens is 1. The number of aryl methyl sites for hydroxylation is 1. The van der Waals surface area contributed by atoms with Crippen molar-refractivity contribution in [3.05, 3.63) is 64.1 Å². The largest absolute Gasteiger partial charge is 0.459 e. The maximum absolute atomic E-state index is 15.3. The van der Waals surface area contributed by atoms with Gasteiger partial charge >= 0.3 is 0 Å². The molecule has 2 aliphatic rings. The van der Waals surface area contributed by atoms with Gasteiger partial charge in [-0.25, -0.2) is 4.39 Å². The summed E-state index contributed by atoms with van der Waals surface area (Å²) < 4.78 is 27.8. The smallest absolute Gasteiger partial charge is 0.289 e. The number of furan rings is 1.